The lowest BCUT2D eigenvalue weighted by Crippen LogP contribution is -2.36. The Morgan fingerprint density at radius 1 is 1.29 bits per heavy atom. The molecule has 0 N–H and O–H groups in total. The van der Waals surface area contributed by atoms with Crippen molar-refractivity contribution >= 4 is 34.5 Å². The fourth-order valence-corrected chi connectivity index (χ4v) is 3.78. The Kier molecular flexibility index (Phi) is 4.02. The van der Waals surface area contributed by atoms with Gasteiger partial charge in [-0.2, -0.15) is 0 Å². The number of hydrogen-bond donors (Lipinski definition) is 0. The van der Waals surface area contributed by atoms with Gasteiger partial charge in [-0.25, -0.2) is 4.98 Å². The zero-order valence-electron chi connectivity index (χ0n) is 13.5. The molecule has 5 heteroatoms. The molecule has 1 amide bonds. The number of fused-ring (bicyclic) bond motifs is 2. The third-order valence-electron chi connectivity index (χ3n) is 4.25. The highest BCUT2D eigenvalue weighted by atomic mass is 32.2. The lowest BCUT2D eigenvalue weighted by Gasteiger charge is -2.29. The van der Waals surface area contributed by atoms with Gasteiger partial charge < -0.3 is 9.32 Å². The van der Waals surface area contributed by atoms with E-state index in [0.717, 1.165) is 41.7 Å². The molecule has 0 radical (unpaired) electrons. The number of aromatic nitrogens is 1. The molecule has 0 atom stereocenters. The van der Waals surface area contributed by atoms with Crippen LogP contribution in [0.1, 0.15) is 17.5 Å². The maximum Gasteiger partial charge on any atom is 0.257 e. The molecule has 1 aliphatic rings. The van der Waals surface area contributed by atoms with Crippen LogP contribution in [-0.2, 0) is 11.2 Å². The maximum absolute atomic E-state index is 12.6. The number of thioether (sulfide) groups is 1. The van der Waals surface area contributed by atoms with E-state index >= 15 is 0 Å². The molecule has 4 nitrogen and oxygen atoms in total. The first-order chi connectivity index (χ1) is 11.7. The van der Waals surface area contributed by atoms with Crippen molar-refractivity contribution in [2.45, 2.75) is 25.0 Å². The number of rotatable bonds is 3. The van der Waals surface area contributed by atoms with Crippen LogP contribution in [0.4, 0.5) is 5.69 Å². The second-order valence-corrected chi connectivity index (χ2v) is 6.94. The van der Waals surface area contributed by atoms with Gasteiger partial charge in [0, 0.05) is 12.2 Å². The Hall–Kier alpha value is -2.27. The summed E-state index contributed by atoms with van der Waals surface area (Å²) in [7, 11) is 0. The summed E-state index contributed by atoms with van der Waals surface area (Å²) >= 11 is 1.36. The summed E-state index contributed by atoms with van der Waals surface area (Å²) in [6.45, 7) is 2.80. The van der Waals surface area contributed by atoms with Gasteiger partial charge in [0.2, 0.25) is 5.91 Å². The largest absolute Gasteiger partial charge is 0.431 e. The van der Waals surface area contributed by atoms with E-state index in [4.69, 9.17) is 4.42 Å². The van der Waals surface area contributed by atoms with Gasteiger partial charge in [-0.3, -0.25) is 4.79 Å². The van der Waals surface area contributed by atoms with Crippen LogP contribution in [0.15, 0.2) is 52.1 Å². The molecular weight excluding hydrogens is 320 g/mol. The van der Waals surface area contributed by atoms with Crippen molar-refractivity contribution in [3.63, 3.8) is 0 Å². The molecule has 0 fully saturated rings. The zero-order valence-corrected chi connectivity index (χ0v) is 14.3. The van der Waals surface area contributed by atoms with Crippen molar-refractivity contribution in [2.24, 2.45) is 0 Å². The van der Waals surface area contributed by atoms with Crippen molar-refractivity contribution in [3.8, 4) is 0 Å². The van der Waals surface area contributed by atoms with Crippen molar-refractivity contribution in [2.75, 3.05) is 17.2 Å². The lowest BCUT2D eigenvalue weighted by atomic mass is 10.0. The summed E-state index contributed by atoms with van der Waals surface area (Å²) in [5.41, 5.74) is 5.03. The Morgan fingerprint density at radius 2 is 2.17 bits per heavy atom. The van der Waals surface area contributed by atoms with Crippen molar-refractivity contribution in [1.29, 1.82) is 0 Å². The zero-order chi connectivity index (χ0) is 16.5. The first-order valence-electron chi connectivity index (χ1n) is 8.09. The van der Waals surface area contributed by atoms with E-state index in [1.807, 2.05) is 48.2 Å². The minimum atomic E-state index is 0.102. The topological polar surface area (TPSA) is 46.3 Å². The number of carbonyl (C=O) groups excluding carboxylic acids is 1. The number of carbonyl (C=O) groups is 1. The Bertz CT molecular complexity index is 903. The molecule has 3 aromatic rings. The SMILES string of the molecule is Cc1ccc2nc(SCC(=O)N3CCCc4ccccc43)oc2c1. The van der Waals surface area contributed by atoms with Crippen LogP contribution in [0.2, 0.25) is 0 Å². The first kappa shape index (κ1) is 15.3. The van der Waals surface area contributed by atoms with E-state index in [1.165, 1.54) is 17.3 Å². The average Bonchev–Trinajstić information content (AvgIpc) is 3.01. The molecule has 0 bridgehead atoms. The molecule has 0 aliphatic carbocycles. The maximum atomic E-state index is 12.6. The molecule has 0 saturated carbocycles. The van der Waals surface area contributed by atoms with Crippen molar-refractivity contribution in [1.82, 2.24) is 4.98 Å². The summed E-state index contributed by atoms with van der Waals surface area (Å²) in [5, 5.41) is 0.550. The average molecular weight is 338 g/mol. The number of amides is 1. The Labute approximate surface area is 144 Å². The summed E-state index contributed by atoms with van der Waals surface area (Å²) < 4.78 is 5.74. The fraction of sp³-hybridized carbons (Fsp3) is 0.263. The van der Waals surface area contributed by atoms with Crippen LogP contribution in [0.3, 0.4) is 0 Å². The molecule has 4 rings (SSSR count). The highest BCUT2D eigenvalue weighted by Gasteiger charge is 2.22. The van der Waals surface area contributed by atoms with Gasteiger partial charge >= 0.3 is 0 Å². The van der Waals surface area contributed by atoms with E-state index in [1.54, 1.807) is 0 Å². The summed E-state index contributed by atoms with van der Waals surface area (Å²) in [4.78, 5) is 19.0. The van der Waals surface area contributed by atoms with Gasteiger partial charge in [-0.05, 0) is 49.1 Å². The smallest absolute Gasteiger partial charge is 0.257 e. The molecule has 122 valence electrons. The number of benzene rings is 2. The monoisotopic (exact) mass is 338 g/mol. The second-order valence-electron chi connectivity index (χ2n) is 6.02. The van der Waals surface area contributed by atoms with Gasteiger partial charge in [0.1, 0.15) is 5.52 Å². The van der Waals surface area contributed by atoms with Crippen molar-refractivity contribution in [3.05, 3.63) is 53.6 Å². The molecule has 0 spiro atoms. The van der Waals surface area contributed by atoms with Crippen LogP contribution in [0.25, 0.3) is 11.1 Å². The third kappa shape index (κ3) is 2.91. The molecule has 2 heterocycles. The molecule has 1 aromatic heterocycles. The first-order valence-corrected chi connectivity index (χ1v) is 9.07. The van der Waals surface area contributed by atoms with Gasteiger partial charge in [0.05, 0.1) is 5.75 Å². The normalized spacial score (nSPS) is 14.0. The predicted octanol–water partition coefficient (Wildman–Crippen LogP) is 4.21. The van der Waals surface area contributed by atoms with E-state index < -0.39 is 0 Å². The summed E-state index contributed by atoms with van der Waals surface area (Å²) in [6, 6.07) is 14.1. The lowest BCUT2D eigenvalue weighted by molar-refractivity contribution is -0.116. The van der Waals surface area contributed by atoms with E-state index in [0.29, 0.717) is 11.0 Å². The number of nitrogens with zero attached hydrogens (tertiary/aromatic N) is 2. The molecule has 0 saturated heterocycles. The molecule has 0 unspecified atom stereocenters. The minimum Gasteiger partial charge on any atom is -0.431 e. The van der Waals surface area contributed by atoms with E-state index in [2.05, 4.69) is 11.1 Å². The number of anilines is 1. The van der Waals surface area contributed by atoms with Crippen LogP contribution in [-0.4, -0.2) is 23.2 Å². The highest BCUT2D eigenvalue weighted by Crippen LogP contribution is 2.29. The highest BCUT2D eigenvalue weighted by molar-refractivity contribution is 7.99. The Balaban J connectivity index is 1.48. The molecule has 2 aromatic carbocycles. The van der Waals surface area contributed by atoms with Crippen LogP contribution in [0, 0.1) is 6.92 Å². The number of para-hydroxylation sites is 1. The van der Waals surface area contributed by atoms with Gasteiger partial charge in [-0.15, -0.1) is 0 Å². The molecule has 24 heavy (non-hydrogen) atoms. The van der Waals surface area contributed by atoms with E-state index in [9.17, 15) is 4.79 Å². The van der Waals surface area contributed by atoms with Gasteiger partial charge in [-0.1, -0.05) is 36.0 Å². The predicted molar refractivity (Wildman–Crippen MR) is 96.6 cm³/mol. The summed E-state index contributed by atoms with van der Waals surface area (Å²) in [6.07, 6.45) is 2.05. The fourth-order valence-electron chi connectivity index (χ4n) is 3.07. The van der Waals surface area contributed by atoms with Gasteiger partial charge in [0.25, 0.3) is 5.22 Å². The summed E-state index contributed by atoms with van der Waals surface area (Å²) in [5.74, 6) is 0.436. The van der Waals surface area contributed by atoms with E-state index in [-0.39, 0.29) is 5.91 Å². The van der Waals surface area contributed by atoms with Crippen LogP contribution >= 0.6 is 11.8 Å². The number of oxazole rings is 1. The Morgan fingerprint density at radius 3 is 3.08 bits per heavy atom. The number of aryl methyl sites for hydroxylation is 2. The van der Waals surface area contributed by atoms with Gasteiger partial charge in [0.15, 0.2) is 5.58 Å². The minimum absolute atomic E-state index is 0.102. The second kappa shape index (κ2) is 6.32. The standard InChI is InChI=1S/C19H18N2O2S/c1-13-8-9-15-17(11-13)23-19(20-15)24-12-18(22)21-10-4-6-14-5-2-3-7-16(14)21/h2-3,5,7-9,11H,4,6,10,12H2,1H3. The molecule has 1 aliphatic heterocycles. The molecular formula is C19H18N2O2S. The third-order valence-corrected chi connectivity index (χ3v) is 5.07. The van der Waals surface area contributed by atoms with Crippen LogP contribution in [0.5, 0.6) is 0 Å². The van der Waals surface area contributed by atoms with Crippen LogP contribution < -0.4 is 4.90 Å². The quantitative estimate of drug-likeness (QED) is 0.671. The van der Waals surface area contributed by atoms with Crippen molar-refractivity contribution < 1.29 is 9.21 Å². The number of hydrogen-bond acceptors (Lipinski definition) is 4.